The van der Waals surface area contributed by atoms with Gasteiger partial charge in [-0.15, -0.1) is 0 Å². The van der Waals surface area contributed by atoms with E-state index in [1.165, 1.54) is 44.9 Å². The Kier molecular flexibility index (Phi) is 2.89. The number of hydrogen-bond acceptors (Lipinski definition) is 2. The Morgan fingerprint density at radius 3 is 2.38 bits per heavy atom. The fraction of sp³-hybridized carbons (Fsp3) is 1.00. The molecule has 2 heteroatoms. The second kappa shape index (κ2) is 3.97. The molecule has 0 aromatic heterocycles. The monoisotopic (exact) mass is 183 g/mol. The lowest BCUT2D eigenvalue weighted by atomic mass is 9.78. The van der Waals surface area contributed by atoms with E-state index in [0.717, 1.165) is 13.0 Å². The lowest BCUT2D eigenvalue weighted by Gasteiger charge is -2.41. The highest BCUT2D eigenvalue weighted by Gasteiger charge is 2.37. The first kappa shape index (κ1) is 9.47. The van der Waals surface area contributed by atoms with Crippen LogP contribution in [0, 0.1) is 5.92 Å². The minimum Gasteiger partial charge on any atom is -0.376 e. The molecule has 0 aromatic rings. The fourth-order valence-corrected chi connectivity index (χ4v) is 2.84. The van der Waals surface area contributed by atoms with Crippen molar-refractivity contribution in [2.75, 3.05) is 6.54 Å². The first-order chi connectivity index (χ1) is 6.31. The van der Waals surface area contributed by atoms with Crippen LogP contribution in [0.1, 0.15) is 51.4 Å². The average molecular weight is 183 g/mol. The predicted octanol–water partition coefficient (Wildman–Crippen LogP) is 2.03. The molecule has 2 N–H and O–H groups in total. The summed E-state index contributed by atoms with van der Waals surface area (Å²) in [6.07, 6.45) is 9.84. The molecule has 1 heterocycles. The van der Waals surface area contributed by atoms with Gasteiger partial charge in [0.05, 0.1) is 0 Å². The molecule has 2 rings (SSSR count). The minimum atomic E-state index is -0.501. The van der Waals surface area contributed by atoms with Gasteiger partial charge in [-0.3, -0.25) is 5.32 Å². The summed E-state index contributed by atoms with van der Waals surface area (Å²) in [6, 6.07) is 0. The molecule has 2 fully saturated rings. The molecule has 1 saturated carbocycles. The molecule has 1 saturated heterocycles. The molecule has 1 atom stereocenters. The fourth-order valence-electron chi connectivity index (χ4n) is 2.84. The normalized spacial score (nSPS) is 37.6. The van der Waals surface area contributed by atoms with Crippen molar-refractivity contribution in [3.05, 3.63) is 0 Å². The molecular weight excluding hydrogens is 162 g/mol. The quantitative estimate of drug-likeness (QED) is 0.652. The van der Waals surface area contributed by atoms with E-state index in [4.69, 9.17) is 0 Å². The maximum atomic E-state index is 10.4. The number of rotatable bonds is 1. The molecule has 1 aliphatic carbocycles. The van der Waals surface area contributed by atoms with Gasteiger partial charge >= 0.3 is 0 Å². The molecule has 0 radical (unpaired) electrons. The van der Waals surface area contributed by atoms with E-state index in [9.17, 15) is 5.11 Å². The molecule has 1 unspecified atom stereocenters. The average Bonchev–Trinajstić information content (AvgIpc) is 2.20. The van der Waals surface area contributed by atoms with Crippen molar-refractivity contribution in [1.29, 1.82) is 0 Å². The highest BCUT2D eigenvalue weighted by Crippen LogP contribution is 2.35. The van der Waals surface area contributed by atoms with Gasteiger partial charge in [-0.05, 0) is 38.6 Å². The van der Waals surface area contributed by atoms with E-state index in [1.54, 1.807) is 0 Å². The summed E-state index contributed by atoms with van der Waals surface area (Å²) in [7, 11) is 0. The lowest BCUT2D eigenvalue weighted by Crippen LogP contribution is -2.54. The van der Waals surface area contributed by atoms with Crippen molar-refractivity contribution in [1.82, 2.24) is 5.32 Å². The number of aliphatic hydroxyl groups is 1. The molecule has 0 spiro atoms. The Morgan fingerprint density at radius 2 is 1.77 bits per heavy atom. The Hall–Kier alpha value is -0.0800. The second-order valence-electron chi connectivity index (χ2n) is 4.64. The summed E-state index contributed by atoms with van der Waals surface area (Å²) in [6.45, 7) is 1.01. The maximum absolute atomic E-state index is 10.4. The van der Waals surface area contributed by atoms with Gasteiger partial charge in [0.25, 0.3) is 0 Å². The van der Waals surface area contributed by atoms with Crippen molar-refractivity contribution in [2.45, 2.75) is 57.1 Å². The van der Waals surface area contributed by atoms with Crippen LogP contribution < -0.4 is 5.32 Å². The van der Waals surface area contributed by atoms with Crippen LogP contribution in [-0.2, 0) is 0 Å². The SMILES string of the molecule is OC1(C2CCCCC2)CCCCN1. The van der Waals surface area contributed by atoms with Gasteiger partial charge in [0.2, 0.25) is 0 Å². The molecular formula is C11H21NO. The largest absolute Gasteiger partial charge is 0.376 e. The van der Waals surface area contributed by atoms with Crippen molar-refractivity contribution < 1.29 is 5.11 Å². The van der Waals surface area contributed by atoms with E-state index >= 15 is 0 Å². The van der Waals surface area contributed by atoms with Crippen molar-refractivity contribution >= 4 is 0 Å². The molecule has 76 valence electrons. The van der Waals surface area contributed by atoms with E-state index in [1.807, 2.05) is 0 Å². The molecule has 1 aliphatic heterocycles. The third-order valence-electron chi connectivity index (χ3n) is 3.70. The smallest absolute Gasteiger partial charge is 0.118 e. The third-order valence-corrected chi connectivity index (χ3v) is 3.70. The van der Waals surface area contributed by atoms with Crippen LogP contribution in [0.15, 0.2) is 0 Å². The number of piperidine rings is 1. The third kappa shape index (κ3) is 2.05. The molecule has 13 heavy (non-hydrogen) atoms. The van der Waals surface area contributed by atoms with Crippen molar-refractivity contribution in [3.8, 4) is 0 Å². The maximum Gasteiger partial charge on any atom is 0.118 e. The molecule has 0 aromatic carbocycles. The molecule has 2 nitrogen and oxygen atoms in total. The Balaban J connectivity index is 1.94. The van der Waals surface area contributed by atoms with Gasteiger partial charge in [-0.25, -0.2) is 0 Å². The van der Waals surface area contributed by atoms with Gasteiger partial charge in [0.15, 0.2) is 0 Å². The minimum absolute atomic E-state index is 0.501. The molecule has 2 aliphatic rings. The molecule has 0 amide bonds. The van der Waals surface area contributed by atoms with Crippen molar-refractivity contribution in [3.63, 3.8) is 0 Å². The van der Waals surface area contributed by atoms with Crippen LogP contribution in [-0.4, -0.2) is 17.4 Å². The van der Waals surface area contributed by atoms with E-state index in [2.05, 4.69) is 5.32 Å². The summed E-state index contributed by atoms with van der Waals surface area (Å²) in [5, 5.41) is 13.7. The Labute approximate surface area is 80.7 Å². The zero-order chi connectivity index (χ0) is 9.15. The highest BCUT2D eigenvalue weighted by molar-refractivity contribution is 4.88. The van der Waals surface area contributed by atoms with Crippen LogP contribution in [0.4, 0.5) is 0 Å². The highest BCUT2D eigenvalue weighted by atomic mass is 16.3. The summed E-state index contributed by atoms with van der Waals surface area (Å²) in [5.41, 5.74) is -0.501. The first-order valence-electron chi connectivity index (χ1n) is 5.79. The van der Waals surface area contributed by atoms with Crippen LogP contribution in [0.25, 0.3) is 0 Å². The van der Waals surface area contributed by atoms with Crippen LogP contribution >= 0.6 is 0 Å². The van der Waals surface area contributed by atoms with Gasteiger partial charge in [0.1, 0.15) is 5.72 Å². The van der Waals surface area contributed by atoms with Gasteiger partial charge < -0.3 is 5.11 Å². The molecule has 0 bridgehead atoms. The predicted molar refractivity (Wildman–Crippen MR) is 53.4 cm³/mol. The summed E-state index contributed by atoms with van der Waals surface area (Å²) >= 11 is 0. The topological polar surface area (TPSA) is 32.3 Å². The number of hydrogen-bond donors (Lipinski definition) is 2. The number of nitrogens with one attached hydrogen (secondary N) is 1. The zero-order valence-electron chi connectivity index (χ0n) is 8.39. The van der Waals surface area contributed by atoms with E-state index in [-0.39, 0.29) is 0 Å². The summed E-state index contributed by atoms with van der Waals surface area (Å²) in [4.78, 5) is 0. The van der Waals surface area contributed by atoms with Gasteiger partial charge in [0, 0.05) is 5.92 Å². The van der Waals surface area contributed by atoms with Crippen LogP contribution in [0.5, 0.6) is 0 Å². The standard InChI is InChI=1S/C11H21NO/c13-11(8-4-5-9-12-11)10-6-2-1-3-7-10/h10,12-13H,1-9H2. The van der Waals surface area contributed by atoms with Crippen molar-refractivity contribution in [2.24, 2.45) is 5.92 Å². The van der Waals surface area contributed by atoms with Gasteiger partial charge in [-0.1, -0.05) is 19.3 Å². The zero-order valence-corrected chi connectivity index (χ0v) is 8.39. The summed E-state index contributed by atoms with van der Waals surface area (Å²) < 4.78 is 0. The lowest BCUT2D eigenvalue weighted by molar-refractivity contribution is -0.0809. The first-order valence-corrected chi connectivity index (χ1v) is 5.79. The Morgan fingerprint density at radius 1 is 1.00 bits per heavy atom. The summed E-state index contributed by atoms with van der Waals surface area (Å²) in [5.74, 6) is 0.529. The van der Waals surface area contributed by atoms with Crippen LogP contribution in [0.2, 0.25) is 0 Å². The van der Waals surface area contributed by atoms with Crippen LogP contribution in [0.3, 0.4) is 0 Å². The van der Waals surface area contributed by atoms with Gasteiger partial charge in [-0.2, -0.15) is 0 Å². The van der Waals surface area contributed by atoms with E-state index < -0.39 is 5.72 Å². The Bertz CT molecular complexity index is 157. The second-order valence-corrected chi connectivity index (χ2v) is 4.64. The van der Waals surface area contributed by atoms with E-state index in [0.29, 0.717) is 5.92 Å².